The third kappa shape index (κ3) is 3.35. The first-order valence-corrected chi connectivity index (χ1v) is 4.58. The molecule has 1 amide bonds. The van der Waals surface area contributed by atoms with Gasteiger partial charge in [0.15, 0.2) is 0 Å². The van der Waals surface area contributed by atoms with Crippen LogP contribution in [-0.4, -0.2) is 17.3 Å². The Morgan fingerprint density at radius 3 is 2.65 bits per heavy atom. The average Bonchev–Trinajstić information content (AvgIpc) is 2.15. The molecule has 1 aromatic carbocycles. The number of hydrogen-bond donors (Lipinski definition) is 2. The van der Waals surface area contributed by atoms with Gasteiger partial charge in [-0.15, -0.1) is 0 Å². The Hall–Kier alpha value is -1.76. The van der Waals surface area contributed by atoms with Gasteiger partial charge in [-0.2, -0.15) is 13.2 Å². The average molecular weight is 267 g/mol. The smallest absolute Gasteiger partial charge is 0.411 e. The van der Waals surface area contributed by atoms with Gasteiger partial charge in [0.05, 0.1) is 16.3 Å². The second-order valence-corrected chi connectivity index (χ2v) is 3.30. The number of nitrogens with one attached hydrogen (secondary N) is 1. The third-order valence-corrected chi connectivity index (χ3v) is 2.04. The molecule has 8 heteroatoms. The topological polar surface area (TPSA) is 61.7 Å². The van der Waals surface area contributed by atoms with E-state index in [0.717, 1.165) is 12.1 Å². The van der Waals surface area contributed by atoms with Crippen molar-refractivity contribution >= 4 is 29.4 Å². The van der Waals surface area contributed by atoms with E-state index >= 15 is 0 Å². The molecular formula is C9H6ClF3N2O2. The SMILES string of the molecule is O=C(/C=N/O)Nc1cccc(Cl)c1C(F)(F)F. The summed E-state index contributed by atoms with van der Waals surface area (Å²) < 4.78 is 37.9. The molecule has 0 radical (unpaired) electrons. The lowest BCUT2D eigenvalue weighted by molar-refractivity contribution is -0.136. The van der Waals surface area contributed by atoms with E-state index in [-0.39, 0.29) is 0 Å². The highest BCUT2D eigenvalue weighted by atomic mass is 35.5. The normalized spacial score (nSPS) is 11.8. The summed E-state index contributed by atoms with van der Waals surface area (Å²) >= 11 is 5.42. The monoisotopic (exact) mass is 266 g/mol. The number of hydrogen-bond acceptors (Lipinski definition) is 3. The largest absolute Gasteiger partial charge is 0.419 e. The number of anilines is 1. The minimum Gasteiger partial charge on any atom is -0.411 e. The number of rotatable bonds is 2. The van der Waals surface area contributed by atoms with Crippen LogP contribution in [-0.2, 0) is 11.0 Å². The lowest BCUT2D eigenvalue weighted by Crippen LogP contribution is -2.17. The maximum absolute atomic E-state index is 12.6. The molecule has 0 aromatic heterocycles. The first-order chi connectivity index (χ1) is 7.86. The molecule has 0 aliphatic heterocycles. The number of carbonyl (C=O) groups is 1. The molecule has 0 aliphatic carbocycles. The van der Waals surface area contributed by atoms with Gasteiger partial charge < -0.3 is 10.5 Å². The zero-order valence-electron chi connectivity index (χ0n) is 8.12. The van der Waals surface area contributed by atoms with Gasteiger partial charge in [-0.1, -0.05) is 22.8 Å². The summed E-state index contributed by atoms with van der Waals surface area (Å²) in [7, 11) is 0. The Balaban J connectivity index is 3.16. The zero-order valence-corrected chi connectivity index (χ0v) is 8.88. The van der Waals surface area contributed by atoms with Crippen LogP contribution in [0.4, 0.5) is 18.9 Å². The first kappa shape index (κ1) is 13.3. The number of amides is 1. The number of halogens is 4. The molecule has 0 heterocycles. The van der Waals surface area contributed by atoms with Crippen LogP contribution in [0.15, 0.2) is 23.4 Å². The molecule has 17 heavy (non-hydrogen) atoms. The van der Waals surface area contributed by atoms with Crippen molar-refractivity contribution in [1.82, 2.24) is 0 Å². The van der Waals surface area contributed by atoms with Gasteiger partial charge in [-0.3, -0.25) is 4.79 Å². The summed E-state index contributed by atoms with van der Waals surface area (Å²) in [5, 5.41) is 11.8. The maximum Gasteiger partial charge on any atom is 0.419 e. The molecule has 0 aliphatic rings. The molecule has 1 aromatic rings. The van der Waals surface area contributed by atoms with Crippen molar-refractivity contribution in [3.05, 3.63) is 28.8 Å². The summed E-state index contributed by atoms with van der Waals surface area (Å²) in [6.45, 7) is 0. The van der Waals surface area contributed by atoms with Crippen LogP contribution in [0.3, 0.4) is 0 Å². The van der Waals surface area contributed by atoms with Crippen LogP contribution in [0, 0.1) is 0 Å². The molecule has 2 N–H and O–H groups in total. The van der Waals surface area contributed by atoms with Crippen molar-refractivity contribution in [1.29, 1.82) is 0 Å². The van der Waals surface area contributed by atoms with E-state index in [4.69, 9.17) is 16.8 Å². The molecule has 0 atom stereocenters. The predicted octanol–water partition coefficient (Wildman–Crippen LogP) is 2.76. The van der Waals surface area contributed by atoms with Gasteiger partial charge in [0.25, 0.3) is 5.91 Å². The van der Waals surface area contributed by atoms with Crippen LogP contribution in [0.1, 0.15) is 5.56 Å². The molecule has 1 rings (SSSR count). The molecule has 0 unspecified atom stereocenters. The Morgan fingerprint density at radius 2 is 2.12 bits per heavy atom. The van der Waals surface area contributed by atoms with Crippen LogP contribution in [0.2, 0.25) is 5.02 Å². The van der Waals surface area contributed by atoms with Crippen molar-refractivity contribution < 1.29 is 23.2 Å². The minimum atomic E-state index is -4.70. The van der Waals surface area contributed by atoms with Crippen molar-refractivity contribution in [3.63, 3.8) is 0 Å². The van der Waals surface area contributed by atoms with E-state index < -0.39 is 28.4 Å². The summed E-state index contributed by atoms with van der Waals surface area (Å²) in [6.07, 6.45) is -4.27. The first-order valence-electron chi connectivity index (χ1n) is 4.20. The minimum absolute atomic E-state index is 0.432. The Morgan fingerprint density at radius 1 is 1.47 bits per heavy atom. The summed E-state index contributed by atoms with van der Waals surface area (Å²) in [4.78, 5) is 11.0. The van der Waals surface area contributed by atoms with E-state index in [1.165, 1.54) is 6.07 Å². The van der Waals surface area contributed by atoms with Crippen LogP contribution >= 0.6 is 11.6 Å². The van der Waals surface area contributed by atoms with Crippen molar-refractivity contribution in [2.24, 2.45) is 5.16 Å². The molecule has 0 fully saturated rings. The Bertz CT molecular complexity index is 460. The van der Waals surface area contributed by atoms with Crippen molar-refractivity contribution in [3.8, 4) is 0 Å². The maximum atomic E-state index is 12.6. The second kappa shape index (κ2) is 5.05. The molecule has 0 bridgehead atoms. The van der Waals surface area contributed by atoms with E-state index in [2.05, 4.69) is 5.16 Å². The quantitative estimate of drug-likeness (QED) is 0.491. The van der Waals surface area contributed by atoms with Gasteiger partial charge in [-0.25, -0.2) is 0 Å². The number of alkyl halides is 3. The molecule has 0 saturated carbocycles. The Kier molecular flexibility index (Phi) is 3.95. The molecule has 92 valence electrons. The number of carbonyl (C=O) groups excluding carboxylic acids is 1. The van der Waals surface area contributed by atoms with E-state index in [1.54, 1.807) is 0 Å². The summed E-state index contributed by atoms with van der Waals surface area (Å²) in [5.74, 6) is -1.000. The van der Waals surface area contributed by atoms with Gasteiger partial charge in [0.2, 0.25) is 0 Å². The fraction of sp³-hybridized carbons (Fsp3) is 0.111. The number of nitrogens with zero attached hydrogens (tertiary/aromatic N) is 1. The molecule has 0 saturated heterocycles. The fourth-order valence-electron chi connectivity index (χ4n) is 1.13. The van der Waals surface area contributed by atoms with Crippen molar-refractivity contribution in [2.45, 2.75) is 6.18 Å². The van der Waals surface area contributed by atoms with Gasteiger partial charge in [-0.05, 0) is 12.1 Å². The molecular weight excluding hydrogens is 261 g/mol. The van der Waals surface area contributed by atoms with Crippen LogP contribution < -0.4 is 5.32 Å². The van der Waals surface area contributed by atoms with E-state index in [0.29, 0.717) is 6.21 Å². The van der Waals surface area contributed by atoms with Crippen molar-refractivity contribution in [2.75, 3.05) is 5.32 Å². The Labute approximate surface area is 98.7 Å². The van der Waals surface area contributed by atoms with Crippen LogP contribution in [0.5, 0.6) is 0 Å². The number of oxime groups is 1. The lowest BCUT2D eigenvalue weighted by Gasteiger charge is -2.14. The highest BCUT2D eigenvalue weighted by molar-refractivity contribution is 6.33. The van der Waals surface area contributed by atoms with E-state index in [9.17, 15) is 18.0 Å². The van der Waals surface area contributed by atoms with Crippen LogP contribution in [0.25, 0.3) is 0 Å². The lowest BCUT2D eigenvalue weighted by atomic mass is 10.1. The summed E-state index contributed by atoms with van der Waals surface area (Å²) in [5.41, 5.74) is -1.66. The van der Waals surface area contributed by atoms with E-state index in [1.807, 2.05) is 5.32 Å². The van der Waals surface area contributed by atoms with Gasteiger partial charge >= 0.3 is 6.18 Å². The van der Waals surface area contributed by atoms with Gasteiger partial charge in [0.1, 0.15) is 6.21 Å². The highest BCUT2D eigenvalue weighted by Crippen LogP contribution is 2.39. The molecule has 4 nitrogen and oxygen atoms in total. The highest BCUT2D eigenvalue weighted by Gasteiger charge is 2.36. The standard InChI is InChI=1S/C9H6ClF3N2O2/c10-5-2-1-3-6(8(5)9(11,12)13)15-7(16)4-14-17/h1-4,17H,(H,15,16)/b14-4+. The predicted molar refractivity (Wildman–Crippen MR) is 55.4 cm³/mol. The van der Waals surface area contributed by atoms with Gasteiger partial charge in [0, 0.05) is 0 Å². The third-order valence-electron chi connectivity index (χ3n) is 1.73. The molecule has 0 spiro atoms. The summed E-state index contributed by atoms with van der Waals surface area (Å²) in [6, 6.07) is 3.35. The fourth-order valence-corrected chi connectivity index (χ4v) is 1.42. The number of benzene rings is 1. The zero-order chi connectivity index (χ0) is 13.1. The second-order valence-electron chi connectivity index (χ2n) is 2.89.